The summed E-state index contributed by atoms with van der Waals surface area (Å²) in [5.74, 6) is -0.0687. The average molecular weight is 245 g/mol. The molecule has 5 nitrogen and oxygen atoms in total. The first-order valence-corrected chi connectivity index (χ1v) is 5.93. The molecule has 1 aromatic heterocycles. The second-order valence-electron chi connectivity index (χ2n) is 4.30. The third-order valence-corrected chi connectivity index (χ3v) is 3.18. The number of carbonyl (C=O) groups excluding carboxylic acids is 1. The molecule has 0 saturated carbocycles. The predicted molar refractivity (Wildman–Crippen MR) is 64.9 cm³/mol. The molecule has 0 atom stereocenters. The van der Waals surface area contributed by atoms with Crippen molar-refractivity contribution in [3.8, 4) is 6.07 Å². The summed E-state index contributed by atoms with van der Waals surface area (Å²) in [4.78, 5) is 17.9. The number of nitrogens with zero attached hydrogens (tertiary/aromatic N) is 3. The van der Waals surface area contributed by atoms with Gasteiger partial charge in [-0.1, -0.05) is 0 Å². The van der Waals surface area contributed by atoms with Gasteiger partial charge in [0.25, 0.3) is 5.91 Å². The minimum atomic E-state index is -0.0687. The summed E-state index contributed by atoms with van der Waals surface area (Å²) in [6.07, 6.45) is 3.21. The molecule has 0 aromatic carbocycles. The fourth-order valence-corrected chi connectivity index (χ4v) is 2.07. The Morgan fingerprint density at radius 2 is 2.28 bits per heavy atom. The van der Waals surface area contributed by atoms with E-state index >= 15 is 0 Å². The number of hydrogen-bond donors (Lipinski definition) is 0. The summed E-state index contributed by atoms with van der Waals surface area (Å²) < 4.78 is 5.28. The molecule has 1 aromatic rings. The van der Waals surface area contributed by atoms with Crippen molar-refractivity contribution in [2.45, 2.75) is 18.9 Å². The van der Waals surface area contributed by atoms with Crippen LogP contribution in [0.25, 0.3) is 0 Å². The first-order chi connectivity index (χ1) is 8.72. The molecule has 0 spiro atoms. The second kappa shape index (κ2) is 5.61. The first kappa shape index (κ1) is 12.5. The van der Waals surface area contributed by atoms with Crippen LogP contribution in [0.4, 0.5) is 0 Å². The lowest BCUT2D eigenvalue weighted by molar-refractivity contribution is 0.0362. The SMILES string of the molecule is CN(C(=O)c1ccnc(C#N)c1)C1CCOCC1. The lowest BCUT2D eigenvalue weighted by atomic mass is 10.1. The highest BCUT2D eigenvalue weighted by molar-refractivity contribution is 5.94. The first-order valence-electron chi connectivity index (χ1n) is 5.93. The van der Waals surface area contributed by atoms with Crippen LogP contribution in [0, 0.1) is 11.3 Å². The third kappa shape index (κ3) is 2.66. The van der Waals surface area contributed by atoms with Crippen LogP contribution in [0.1, 0.15) is 28.9 Å². The van der Waals surface area contributed by atoms with E-state index in [1.165, 1.54) is 12.3 Å². The van der Waals surface area contributed by atoms with Crippen molar-refractivity contribution in [2.24, 2.45) is 0 Å². The summed E-state index contributed by atoms with van der Waals surface area (Å²) >= 11 is 0. The summed E-state index contributed by atoms with van der Waals surface area (Å²) in [6, 6.07) is 5.32. The number of aromatic nitrogens is 1. The zero-order valence-electron chi connectivity index (χ0n) is 10.3. The molecule has 2 heterocycles. The zero-order valence-corrected chi connectivity index (χ0v) is 10.3. The lowest BCUT2D eigenvalue weighted by Gasteiger charge is -2.31. The van der Waals surface area contributed by atoms with E-state index in [0.717, 1.165) is 12.8 Å². The molecule has 1 amide bonds. The highest BCUT2D eigenvalue weighted by atomic mass is 16.5. The van der Waals surface area contributed by atoms with Gasteiger partial charge in [0.05, 0.1) is 0 Å². The molecular weight excluding hydrogens is 230 g/mol. The third-order valence-electron chi connectivity index (χ3n) is 3.18. The lowest BCUT2D eigenvalue weighted by Crippen LogP contribution is -2.40. The van der Waals surface area contributed by atoms with Crippen molar-refractivity contribution in [3.63, 3.8) is 0 Å². The molecule has 0 unspecified atom stereocenters. The van der Waals surface area contributed by atoms with Gasteiger partial charge < -0.3 is 9.64 Å². The molecule has 0 radical (unpaired) electrons. The van der Waals surface area contributed by atoms with Crippen LogP contribution in [-0.4, -0.2) is 42.1 Å². The summed E-state index contributed by atoms with van der Waals surface area (Å²) in [5.41, 5.74) is 0.775. The fourth-order valence-electron chi connectivity index (χ4n) is 2.07. The van der Waals surface area contributed by atoms with Crippen LogP contribution in [0.2, 0.25) is 0 Å². The zero-order chi connectivity index (χ0) is 13.0. The van der Waals surface area contributed by atoms with Gasteiger partial charge in [-0.2, -0.15) is 5.26 Å². The minimum Gasteiger partial charge on any atom is -0.381 e. The topological polar surface area (TPSA) is 66.2 Å². The molecule has 1 saturated heterocycles. The van der Waals surface area contributed by atoms with Gasteiger partial charge in [-0.15, -0.1) is 0 Å². The van der Waals surface area contributed by atoms with Gasteiger partial charge in [-0.3, -0.25) is 4.79 Å². The Balaban J connectivity index is 2.12. The van der Waals surface area contributed by atoms with Crippen LogP contribution >= 0.6 is 0 Å². The van der Waals surface area contributed by atoms with E-state index in [1.54, 1.807) is 18.0 Å². The Labute approximate surface area is 106 Å². The van der Waals surface area contributed by atoms with E-state index in [4.69, 9.17) is 10.00 Å². The van der Waals surface area contributed by atoms with Crippen molar-refractivity contribution in [1.29, 1.82) is 5.26 Å². The normalized spacial score (nSPS) is 16.0. The van der Waals surface area contributed by atoms with Gasteiger partial charge >= 0.3 is 0 Å². The number of rotatable bonds is 2. The highest BCUT2D eigenvalue weighted by Crippen LogP contribution is 2.15. The number of ether oxygens (including phenoxy) is 1. The Kier molecular flexibility index (Phi) is 3.90. The Hall–Kier alpha value is -1.93. The number of hydrogen-bond acceptors (Lipinski definition) is 4. The molecule has 0 N–H and O–H groups in total. The quantitative estimate of drug-likeness (QED) is 0.785. The molecular formula is C13H15N3O2. The van der Waals surface area contributed by atoms with E-state index < -0.39 is 0 Å². The van der Waals surface area contributed by atoms with Crippen LogP contribution in [-0.2, 0) is 4.74 Å². The maximum atomic E-state index is 12.3. The summed E-state index contributed by atoms with van der Waals surface area (Å²) in [7, 11) is 1.80. The monoisotopic (exact) mass is 245 g/mol. The van der Waals surface area contributed by atoms with Gasteiger partial charge in [0.2, 0.25) is 0 Å². The van der Waals surface area contributed by atoms with Gasteiger partial charge in [-0.25, -0.2) is 4.98 Å². The van der Waals surface area contributed by atoms with Gasteiger partial charge in [0.15, 0.2) is 0 Å². The smallest absolute Gasteiger partial charge is 0.254 e. The second-order valence-corrected chi connectivity index (χ2v) is 4.30. The molecule has 0 bridgehead atoms. The molecule has 1 aliphatic heterocycles. The van der Waals surface area contributed by atoms with Crippen molar-refractivity contribution in [2.75, 3.05) is 20.3 Å². The van der Waals surface area contributed by atoms with Crippen LogP contribution in [0.5, 0.6) is 0 Å². The molecule has 2 rings (SSSR count). The van der Waals surface area contributed by atoms with E-state index in [1.807, 2.05) is 6.07 Å². The van der Waals surface area contributed by atoms with E-state index in [9.17, 15) is 4.79 Å². The minimum absolute atomic E-state index is 0.0687. The number of pyridine rings is 1. The van der Waals surface area contributed by atoms with Crippen LogP contribution in [0.15, 0.2) is 18.3 Å². The van der Waals surface area contributed by atoms with Crippen molar-refractivity contribution < 1.29 is 9.53 Å². The van der Waals surface area contributed by atoms with Gasteiger partial charge in [0, 0.05) is 38.1 Å². The van der Waals surface area contributed by atoms with E-state index in [2.05, 4.69) is 4.98 Å². The van der Waals surface area contributed by atoms with Gasteiger partial charge in [-0.05, 0) is 25.0 Å². The average Bonchev–Trinajstić information content (AvgIpc) is 2.46. The van der Waals surface area contributed by atoms with Crippen molar-refractivity contribution in [1.82, 2.24) is 9.88 Å². The van der Waals surface area contributed by atoms with E-state index in [-0.39, 0.29) is 17.6 Å². The summed E-state index contributed by atoms with van der Waals surface area (Å²) in [5, 5.41) is 8.78. The molecule has 1 fully saturated rings. The number of carbonyl (C=O) groups is 1. The fraction of sp³-hybridized carbons (Fsp3) is 0.462. The van der Waals surface area contributed by atoms with Gasteiger partial charge in [0.1, 0.15) is 11.8 Å². The number of nitriles is 1. The molecule has 5 heteroatoms. The molecule has 94 valence electrons. The molecule has 0 aliphatic carbocycles. The molecule has 1 aliphatic rings. The van der Waals surface area contributed by atoms with Crippen molar-refractivity contribution in [3.05, 3.63) is 29.6 Å². The predicted octanol–water partition coefficient (Wildman–Crippen LogP) is 1.20. The Bertz CT molecular complexity index is 475. The highest BCUT2D eigenvalue weighted by Gasteiger charge is 2.23. The number of amides is 1. The van der Waals surface area contributed by atoms with E-state index in [0.29, 0.717) is 18.8 Å². The maximum absolute atomic E-state index is 12.3. The van der Waals surface area contributed by atoms with Crippen LogP contribution < -0.4 is 0 Å². The van der Waals surface area contributed by atoms with Crippen LogP contribution in [0.3, 0.4) is 0 Å². The maximum Gasteiger partial charge on any atom is 0.254 e. The molecule has 18 heavy (non-hydrogen) atoms. The van der Waals surface area contributed by atoms with Crippen molar-refractivity contribution >= 4 is 5.91 Å². The Morgan fingerprint density at radius 3 is 2.94 bits per heavy atom. The summed E-state index contributed by atoms with van der Waals surface area (Å²) in [6.45, 7) is 1.39. The Morgan fingerprint density at radius 1 is 1.56 bits per heavy atom. The standard InChI is InChI=1S/C13H15N3O2/c1-16(12-3-6-18-7-4-12)13(17)10-2-5-15-11(8-10)9-14/h2,5,8,12H,3-4,6-7H2,1H3. The largest absolute Gasteiger partial charge is 0.381 e.